The second kappa shape index (κ2) is 5.57. The monoisotopic (exact) mass is 312 g/mol. The molecule has 2 aliphatic rings. The van der Waals surface area contributed by atoms with Crippen LogP contribution >= 0.6 is 0 Å². The molecule has 0 aliphatic carbocycles. The van der Waals surface area contributed by atoms with Crippen LogP contribution in [0.3, 0.4) is 0 Å². The highest BCUT2D eigenvalue weighted by atomic mass is 19.4. The first-order valence-electron chi connectivity index (χ1n) is 7.58. The lowest BCUT2D eigenvalue weighted by Gasteiger charge is -2.31. The van der Waals surface area contributed by atoms with Gasteiger partial charge in [0.05, 0.1) is 5.56 Å². The molecule has 0 unspecified atom stereocenters. The number of nitrogens with one attached hydrogen (secondary N) is 1. The van der Waals surface area contributed by atoms with Gasteiger partial charge >= 0.3 is 6.18 Å². The van der Waals surface area contributed by atoms with Gasteiger partial charge in [0.25, 0.3) is 5.91 Å². The lowest BCUT2D eigenvalue weighted by molar-refractivity contribution is -0.138. The molecule has 0 spiro atoms. The lowest BCUT2D eigenvalue weighted by atomic mass is 9.96. The summed E-state index contributed by atoms with van der Waals surface area (Å²) < 4.78 is 39.7. The Labute approximate surface area is 127 Å². The van der Waals surface area contributed by atoms with Gasteiger partial charge in [-0.15, -0.1) is 0 Å². The van der Waals surface area contributed by atoms with Crippen LogP contribution in [0.1, 0.15) is 46.8 Å². The van der Waals surface area contributed by atoms with Gasteiger partial charge < -0.3 is 5.32 Å². The van der Waals surface area contributed by atoms with E-state index in [1.165, 1.54) is 6.07 Å². The Morgan fingerprint density at radius 2 is 2.14 bits per heavy atom. The van der Waals surface area contributed by atoms with Crippen molar-refractivity contribution in [2.45, 2.75) is 39.0 Å². The van der Waals surface area contributed by atoms with Crippen molar-refractivity contribution >= 4 is 5.91 Å². The summed E-state index contributed by atoms with van der Waals surface area (Å²) in [4.78, 5) is 13.9. The Bertz CT molecular complexity index is 598. The number of benzene rings is 1. The van der Waals surface area contributed by atoms with Crippen molar-refractivity contribution < 1.29 is 18.0 Å². The third-order valence-corrected chi connectivity index (χ3v) is 4.43. The van der Waals surface area contributed by atoms with Gasteiger partial charge in [-0.1, -0.05) is 6.92 Å². The van der Waals surface area contributed by atoms with E-state index < -0.39 is 17.6 Å². The Kier molecular flexibility index (Phi) is 3.89. The molecule has 1 aromatic rings. The number of fused-ring (bicyclic) bond motifs is 1. The van der Waals surface area contributed by atoms with Crippen molar-refractivity contribution in [2.75, 3.05) is 13.1 Å². The van der Waals surface area contributed by atoms with Gasteiger partial charge in [0.15, 0.2) is 0 Å². The molecule has 1 saturated heterocycles. The molecule has 2 heterocycles. The maximum atomic E-state index is 13.2. The second-order valence-electron chi connectivity index (χ2n) is 6.33. The Balaban J connectivity index is 1.92. The molecular weight excluding hydrogens is 293 g/mol. The van der Waals surface area contributed by atoms with Gasteiger partial charge in [-0.2, -0.15) is 13.2 Å². The third kappa shape index (κ3) is 2.97. The first kappa shape index (κ1) is 15.3. The van der Waals surface area contributed by atoms with Crippen LogP contribution in [0.2, 0.25) is 0 Å². The standard InChI is InChI=1S/C16H19F3N2O/c1-10-3-2-4-21(8-10)9-11-5-12-13(7-20-15(12)22)14(6-11)16(17,18)19/h5-6,10H,2-4,7-9H2,1H3,(H,20,22)/t10-/m1/s1. The SMILES string of the molecule is C[C@@H]1CCCN(Cc2cc3c(c(C(F)(F)F)c2)CNC3=O)C1. The van der Waals surface area contributed by atoms with E-state index in [-0.39, 0.29) is 17.7 Å². The number of rotatable bonds is 2. The topological polar surface area (TPSA) is 32.3 Å². The van der Waals surface area contributed by atoms with E-state index in [0.717, 1.165) is 25.9 Å². The van der Waals surface area contributed by atoms with Gasteiger partial charge in [0.2, 0.25) is 0 Å². The van der Waals surface area contributed by atoms with Crippen LogP contribution in [-0.2, 0) is 19.3 Å². The minimum Gasteiger partial charge on any atom is -0.348 e. The van der Waals surface area contributed by atoms with Crippen molar-refractivity contribution in [3.8, 4) is 0 Å². The minimum absolute atomic E-state index is 0.0377. The van der Waals surface area contributed by atoms with Crippen molar-refractivity contribution in [3.63, 3.8) is 0 Å². The van der Waals surface area contributed by atoms with E-state index >= 15 is 0 Å². The number of amides is 1. The van der Waals surface area contributed by atoms with Gasteiger partial charge in [0, 0.05) is 25.2 Å². The van der Waals surface area contributed by atoms with Crippen molar-refractivity contribution in [3.05, 3.63) is 34.4 Å². The lowest BCUT2D eigenvalue weighted by Crippen LogP contribution is -2.33. The highest BCUT2D eigenvalue weighted by molar-refractivity contribution is 5.99. The predicted molar refractivity (Wildman–Crippen MR) is 76.3 cm³/mol. The van der Waals surface area contributed by atoms with Crippen LogP contribution in [0.5, 0.6) is 0 Å². The summed E-state index contributed by atoms with van der Waals surface area (Å²) in [6.45, 7) is 4.38. The van der Waals surface area contributed by atoms with Crippen LogP contribution in [0.15, 0.2) is 12.1 Å². The molecule has 1 atom stereocenters. The molecule has 0 radical (unpaired) electrons. The molecule has 0 saturated carbocycles. The number of hydrogen-bond acceptors (Lipinski definition) is 2. The van der Waals surface area contributed by atoms with E-state index in [0.29, 0.717) is 18.0 Å². The van der Waals surface area contributed by atoms with E-state index in [1.54, 1.807) is 6.07 Å². The summed E-state index contributed by atoms with van der Waals surface area (Å²) in [7, 11) is 0. The minimum atomic E-state index is -4.43. The van der Waals surface area contributed by atoms with Gasteiger partial charge in [-0.25, -0.2) is 0 Å². The van der Waals surface area contributed by atoms with Gasteiger partial charge in [-0.3, -0.25) is 9.69 Å². The number of halogens is 3. The van der Waals surface area contributed by atoms with Crippen LogP contribution in [0.25, 0.3) is 0 Å². The van der Waals surface area contributed by atoms with Crippen LogP contribution in [-0.4, -0.2) is 23.9 Å². The Morgan fingerprint density at radius 1 is 1.36 bits per heavy atom. The summed E-state index contributed by atoms with van der Waals surface area (Å²) in [5, 5.41) is 2.48. The molecular formula is C16H19F3N2O. The number of carbonyl (C=O) groups excluding carboxylic acids is 1. The maximum absolute atomic E-state index is 13.2. The van der Waals surface area contributed by atoms with E-state index in [4.69, 9.17) is 0 Å². The molecule has 1 aromatic carbocycles. The zero-order chi connectivity index (χ0) is 15.9. The third-order valence-electron chi connectivity index (χ3n) is 4.43. The molecule has 120 valence electrons. The number of piperidine rings is 1. The fourth-order valence-corrected chi connectivity index (χ4v) is 3.42. The molecule has 6 heteroatoms. The molecule has 22 heavy (non-hydrogen) atoms. The summed E-state index contributed by atoms with van der Waals surface area (Å²) in [5.74, 6) is 0.155. The molecule has 1 fully saturated rings. The first-order chi connectivity index (χ1) is 10.3. The Hall–Kier alpha value is -1.56. The van der Waals surface area contributed by atoms with Gasteiger partial charge in [-0.05, 0) is 48.6 Å². The normalized spacial score (nSPS) is 22.5. The number of hydrogen-bond donors (Lipinski definition) is 1. The predicted octanol–water partition coefficient (Wildman–Crippen LogP) is 3.18. The molecule has 0 aromatic heterocycles. The average Bonchev–Trinajstić information content (AvgIpc) is 2.79. The van der Waals surface area contributed by atoms with E-state index in [2.05, 4.69) is 17.1 Å². The molecule has 1 amide bonds. The number of nitrogens with zero attached hydrogens (tertiary/aromatic N) is 1. The quantitative estimate of drug-likeness (QED) is 0.909. The zero-order valence-electron chi connectivity index (χ0n) is 12.5. The number of likely N-dealkylation sites (tertiary alicyclic amines) is 1. The molecule has 1 N–H and O–H groups in total. The molecule has 0 bridgehead atoms. The molecule has 3 rings (SSSR count). The van der Waals surface area contributed by atoms with Gasteiger partial charge in [0.1, 0.15) is 0 Å². The number of carbonyl (C=O) groups is 1. The molecule has 2 aliphatic heterocycles. The fourth-order valence-electron chi connectivity index (χ4n) is 3.42. The highest BCUT2D eigenvalue weighted by Crippen LogP contribution is 2.36. The largest absolute Gasteiger partial charge is 0.416 e. The average molecular weight is 312 g/mol. The van der Waals surface area contributed by atoms with Crippen LogP contribution in [0, 0.1) is 5.92 Å². The fraction of sp³-hybridized carbons (Fsp3) is 0.562. The van der Waals surface area contributed by atoms with Crippen LogP contribution in [0.4, 0.5) is 13.2 Å². The van der Waals surface area contributed by atoms with Crippen LogP contribution < -0.4 is 5.32 Å². The van der Waals surface area contributed by atoms with Crippen molar-refractivity contribution in [1.82, 2.24) is 10.2 Å². The highest BCUT2D eigenvalue weighted by Gasteiger charge is 2.37. The maximum Gasteiger partial charge on any atom is 0.416 e. The van der Waals surface area contributed by atoms with E-state index in [1.807, 2.05) is 0 Å². The summed E-state index contributed by atoms with van der Waals surface area (Å²) in [6, 6.07) is 2.82. The first-order valence-corrected chi connectivity index (χ1v) is 7.58. The van der Waals surface area contributed by atoms with Crippen molar-refractivity contribution in [1.29, 1.82) is 0 Å². The summed E-state index contributed by atoms with van der Waals surface area (Å²) in [5.41, 5.74) is 0.142. The summed E-state index contributed by atoms with van der Waals surface area (Å²) >= 11 is 0. The molecule has 3 nitrogen and oxygen atoms in total. The number of alkyl halides is 3. The van der Waals surface area contributed by atoms with E-state index in [9.17, 15) is 18.0 Å². The zero-order valence-corrected chi connectivity index (χ0v) is 12.5. The van der Waals surface area contributed by atoms with Crippen molar-refractivity contribution in [2.24, 2.45) is 5.92 Å². The summed E-state index contributed by atoms with van der Waals surface area (Å²) in [6.07, 6.45) is -2.20. The Morgan fingerprint density at radius 3 is 2.82 bits per heavy atom. The smallest absolute Gasteiger partial charge is 0.348 e. The second-order valence-corrected chi connectivity index (χ2v) is 6.33.